The van der Waals surface area contributed by atoms with E-state index in [2.05, 4.69) is 27.0 Å². The number of carbonyl (C=O) groups is 1. The second-order valence-corrected chi connectivity index (χ2v) is 9.48. The summed E-state index contributed by atoms with van der Waals surface area (Å²) >= 11 is 15.4. The van der Waals surface area contributed by atoms with Crippen LogP contribution in [0.1, 0.15) is 17.1 Å². The standard InChI is InChI=1S/C22H18Cl2N4OS2/c23-17-9-4-10-18(24)21(17)25-20(29)11-13-31-22-27-26-19(14-16-8-5-12-30-16)28(22)15-6-2-1-3-7-15/h1-10,12H,11,13-14H2,(H,25,29). The predicted molar refractivity (Wildman–Crippen MR) is 129 cm³/mol. The van der Waals surface area contributed by atoms with Crippen molar-refractivity contribution in [2.45, 2.75) is 18.0 Å². The minimum absolute atomic E-state index is 0.160. The van der Waals surface area contributed by atoms with Gasteiger partial charge in [-0.05, 0) is 35.7 Å². The maximum absolute atomic E-state index is 12.4. The van der Waals surface area contributed by atoms with Gasteiger partial charge in [-0.1, -0.05) is 65.3 Å². The van der Waals surface area contributed by atoms with Gasteiger partial charge in [0.25, 0.3) is 0 Å². The number of halogens is 2. The molecule has 0 saturated carbocycles. The van der Waals surface area contributed by atoms with Gasteiger partial charge in [0.05, 0.1) is 15.7 Å². The average Bonchev–Trinajstić information content (AvgIpc) is 3.42. The topological polar surface area (TPSA) is 59.8 Å². The zero-order valence-corrected chi connectivity index (χ0v) is 19.4. The summed E-state index contributed by atoms with van der Waals surface area (Å²) in [4.78, 5) is 13.6. The molecule has 4 aromatic rings. The van der Waals surface area contributed by atoms with Crippen LogP contribution in [0, 0.1) is 0 Å². The Morgan fingerprint density at radius 2 is 1.77 bits per heavy atom. The monoisotopic (exact) mass is 488 g/mol. The van der Waals surface area contributed by atoms with Crippen LogP contribution in [-0.2, 0) is 11.2 Å². The van der Waals surface area contributed by atoms with E-state index in [-0.39, 0.29) is 12.3 Å². The summed E-state index contributed by atoms with van der Waals surface area (Å²) in [5, 5.41) is 15.2. The zero-order valence-electron chi connectivity index (χ0n) is 16.3. The molecular formula is C22H18Cl2N4OS2. The Bertz CT molecular complexity index is 1140. The Balaban J connectivity index is 1.46. The largest absolute Gasteiger partial charge is 0.324 e. The number of anilines is 1. The lowest BCUT2D eigenvalue weighted by molar-refractivity contribution is -0.115. The van der Waals surface area contributed by atoms with Crippen LogP contribution in [0.5, 0.6) is 0 Å². The van der Waals surface area contributed by atoms with Crippen molar-refractivity contribution in [2.24, 2.45) is 0 Å². The predicted octanol–water partition coefficient (Wildman–Crippen LogP) is 6.35. The van der Waals surface area contributed by atoms with E-state index >= 15 is 0 Å². The van der Waals surface area contributed by atoms with E-state index in [1.807, 2.05) is 41.0 Å². The lowest BCUT2D eigenvalue weighted by Crippen LogP contribution is -2.13. The van der Waals surface area contributed by atoms with Crippen LogP contribution in [0.2, 0.25) is 10.0 Å². The molecule has 1 amide bonds. The molecule has 2 heterocycles. The SMILES string of the molecule is O=C(CCSc1nnc(Cc2cccs2)n1-c1ccccc1)Nc1c(Cl)cccc1Cl. The highest BCUT2D eigenvalue weighted by atomic mass is 35.5. The molecule has 9 heteroatoms. The maximum atomic E-state index is 12.4. The van der Waals surface area contributed by atoms with Crippen LogP contribution in [0.4, 0.5) is 5.69 Å². The third-order valence-electron chi connectivity index (χ3n) is 4.41. The first-order valence-corrected chi connectivity index (χ1v) is 12.1. The number of nitrogens with one attached hydrogen (secondary N) is 1. The molecule has 0 unspecified atom stereocenters. The quantitative estimate of drug-likeness (QED) is 0.293. The summed E-state index contributed by atoms with van der Waals surface area (Å²) in [6.07, 6.45) is 0.986. The number of para-hydroxylation sites is 2. The second-order valence-electron chi connectivity index (χ2n) is 6.57. The van der Waals surface area contributed by atoms with Crippen LogP contribution < -0.4 is 5.32 Å². The van der Waals surface area contributed by atoms with Crippen LogP contribution >= 0.6 is 46.3 Å². The van der Waals surface area contributed by atoms with E-state index in [9.17, 15) is 4.79 Å². The first kappa shape index (κ1) is 21.9. The Hall–Kier alpha value is -2.32. The minimum atomic E-state index is -0.160. The van der Waals surface area contributed by atoms with Crippen molar-refractivity contribution in [1.82, 2.24) is 14.8 Å². The number of hydrogen-bond acceptors (Lipinski definition) is 5. The van der Waals surface area contributed by atoms with Crippen molar-refractivity contribution < 1.29 is 4.79 Å². The molecule has 0 saturated heterocycles. The molecule has 0 aliphatic heterocycles. The van der Waals surface area contributed by atoms with Gasteiger partial charge in [-0.25, -0.2) is 0 Å². The van der Waals surface area contributed by atoms with Crippen molar-refractivity contribution in [1.29, 1.82) is 0 Å². The summed E-state index contributed by atoms with van der Waals surface area (Å²) in [5.41, 5.74) is 1.43. The van der Waals surface area contributed by atoms with Crippen LogP contribution in [0.15, 0.2) is 71.2 Å². The number of rotatable bonds is 8. The first-order chi connectivity index (χ1) is 15.1. The summed E-state index contributed by atoms with van der Waals surface area (Å²) in [6.45, 7) is 0. The molecule has 0 atom stereocenters. The molecule has 5 nitrogen and oxygen atoms in total. The number of thiophene rings is 1. The number of hydrogen-bond donors (Lipinski definition) is 1. The van der Waals surface area contributed by atoms with Crippen LogP contribution in [-0.4, -0.2) is 26.4 Å². The molecule has 0 fully saturated rings. The minimum Gasteiger partial charge on any atom is -0.324 e. The van der Waals surface area contributed by atoms with Gasteiger partial charge in [-0.3, -0.25) is 9.36 Å². The van der Waals surface area contributed by atoms with E-state index in [0.29, 0.717) is 27.9 Å². The van der Waals surface area contributed by atoms with Crippen molar-refractivity contribution in [2.75, 3.05) is 11.1 Å². The Morgan fingerprint density at radius 3 is 2.48 bits per heavy atom. The molecule has 31 heavy (non-hydrogen) atoms. The highest BCUT2D eigenvalue weighted by Gasteiger charge is 2.16. The van der Waals surface area contributed by atoms with Gasteiger partial charge < -0.3 is 5.32 Å². The highest BCUT2D eigenvalue weighted by Crippen LogP contribution is 2.30. The van der Waals surface area contributed by atoms with E-state index in [4.69, 9.17) is 23.2 Å². The fourth-order valence-corrected chi connectivity index (χ4v) is 5.07. The molecule has 0 spiro atoms. The average molecular weight is 489 g/mol. The molecule has 0 bridgehead atoms. The smallest absolute Gasteiger partial charge is 0.225 e. The number of nitrogens with zero attached hydrogens (tertiary/aromatic N) is 3. The van der Waals surface area contributed by atoms with Gasteiger partial charge in [-0.15, -0.1) is 21.5 Å². The molecule has 0 radical (unpaired) electrons. The summed E-state index contributed by atoms with van der Waals surface area (Å²) in [5.74, 6) is 1.24. The lowest BCUT2D eigenvalue weighted by Gasteiger charge is -2.10. The van der Waals surface area contributed by atoms with Crippen LogP contribution in [0.25, 0.3) is 5.69 Å². The Morgan fingerprint density at radius 1 is 1.00 bits per heavy atom. The van der Waals surface area contributed by atoms with Crippen molar-refractivity contribution in [3.05, 3.63) is 86.8 Å². The van der Waals surface area contributed by atoms with Gasteiger partial charge in [-0.2, -0.15) is 0 Å². The summed E-state index contributed by atoms with van der Waals surface area (Å²) in [7, 11) is 0. The Labute approximate surface area is 198 Å². The van der Waals surface area contributed by atoms with Gasteiger partial charge >= 0.3 is 0 Å². The fourth-order valence-electron chi connectivity index (χ4n) is 2.97. The van der Waals surface area contributed by atoms with E-state index in [0.717, 1.165) is 16.7 Å². The first-order valence-electron chi connectivity index (χ1n) is 9.50. The van der Waals surface area contributed by atoms with Gasteiger partial charge in [0.1, 0.15) is 5.82 Å². The third-order valence-corrected chi connectivity index (χ3v) is 6.85. The zero-order chi connectivity index (χ0) is 21.6. The summed E-state index contributed by atoms with van der Waals surface area (Å²) < 4.78 is 2.05. The number of aromatic nitrogens is 3. The van der Waals surface area contributed by atoms with E-state index < -0.39 is 0 Å². The second kappa shape index (κ2) is 10.3. The molecule has 2 aromatic heterocycles. The number of carbonyl (C=O) groups excluding carboxylic acids is 1. The number of amides is 1. The molecular weight excluding hydrogens is 471 g/mol. The molecule has 4 rings (SSSR count). The fraction of sp³-hybridized carbons (Fsp3) is 0.136. The third kappa shape index (κ3) is 5.49. The molecule has 2 aromatic carbocycles. The molecule has 0 aliphatic rings. The van der Waals surface area contributed by atoms with Crippen molar-refractivity contribution in [3.8, 4) is 5.69 Å². The van der Waals surface area contributed by atoms with Gasteiger partial charge in [0.15, 0.2) is 5.16 Å². The maximum Gasteiger partial charge on any atom is 0.225 e. The normalized spacial score (nSPS) is 10.9. The molecule has 158 valence electrons. The van der Waals surface area contributed by atoms with Crippen LogP contribution in [0.3, 0.4) is 0 Å². The Kier molecular flexibility index (Phi) is 7.29. The van der Waals surface area contributed by atoms with E-state index in [1.54, 1.807) is 29.5 Å². The number of thioether (sulfide) groups is 1. The molecule has 1 N–H and O–H groups in total. The highest BCUT2D eigenvalue weighted by molar-refractivity contribution is 7.99. The number of benzene rings is 2. The van der Waals surface area contributed by atoms with Crippen molar-refractivity contribution in [3.63, 3.8) is 0 Å². The molecule has 0 aliphatic carbocycles. The lowest BCUT2D eigenvalue weighted by atomic mass is 10.3. The van der Waals surface area contributed by atoms with Gasteiger partial charge in [0, 0.05) is 29.2 Å². The summed E-state index contributed by atoms with van der Waals surface area (Å²) in [6, 6.07) is 19.2. The van der Waals surface area contributed by atoms with Gasteiger partial charge in [0.2, 0.25) is 5.91 Å². The van der Waals surface area contributed by atoms with E-state index in [1.165, 1.54) is 16.6 Å². The van der Waals surface area contributed by atoms with Crippen molar-refractivity contribution >= 4 is 57.9 Å².